The maximum Gasteiger partial charge on any atom is 0.307 e. The van der Waals surface area contributed by atoms with Gasteiger partial charge >= 0.3 is 5.97 Å². The van der Waals surface area contributed by atoms with Crippen molar-refractivity contribution in [2.24, 2.45) is 11.8 Å². The highest BCUT2D eigenvalue weighted by Gasteiger charge is 2.30. The second-order valence-corrected chi connectivity index (χ2v) is 5.65. The Morgan fingerprint density at radius 1 is 1.24 bits per heavy atom. The summed E-state index contributed by atoms with van der Waals surface area (Å²) in [6.07, 6.45) is 2.82. The van der Waals surface area contributed by atoms with E-state index in [-0.39, 0.29) is 12.0 Å². The van der Waals surface area contributed by atoms with Crippen molar-refractivity contribution >= 4 is 5.97 Å². The summed E-state index contributed by atoms with van der Waals surface area (Å²) in [5.41, 5.74) is 0. The number of hydrogen-bond donors (Lipinski definition) is 1. The van der Waals surface area contributed by atoms with Crippen molar-refractivity contribution in [3.63, 3.8) is 0 Å². The van der Waals surface area contributed by atoms with Gasteiger partial charge in [0.25, 0.3) is 0 Å². The number of piperazine rings is 1. The fourth-order valence-electron chi connectivity index (χ4n) is 2.54. The smallest absolute Gasteiger partial charge is 0.307 e. The molecule has 0 spiro atoms. The van der Waals surface area contributed by atoms with E-state index in [2.05, 4.69) is 9.80 Å². The number of aliphatic carboxylic acids is 1. The third-order valence-electron chi connectivity index (χ3n) is 4.31. The average Bonchev–Trinajstić information content (AvgIpc) is 3.12. The van der Waals surface area contributed by atoms with Gasteiger partial charge in [-0.3, -0.25) is 9.69 Å². The summed E-state index contributed by atoms with van der Waals surface area (Å²) in [5, 5.41) is 9.03. The molecule has 2 atom stereocenters. The number of rotatable bonds is 5. The summed E-state index contributed by atoms with van der Waals surface area (Å²) in [4.78, 5) is 15.8. The predicted molar refractivity (Wildman–Crippen MR) is 67.0 cm³/mol. The van der Waals surface area contributed by atoms with Crippen LogP contribution in [0.1, 0.15) is 26.7 Å². The molecule has 0 aromatic rings. The Labute approximate surface area is 104 Å². The number of carbonyl (C=O) groups is 1. The van der Waals surface area contributed by atoms with Gasteiger partial charge in [0.15, 0.2) is 0 Å². The zero-order chi connectivity index (χ0) is 12.4. The molecule has 1 saturated heterocycles. The molecule has 1 aliphatic heterocycles. The van der Waals surface area contributed by atoms with E-state index in [4.69, 9.17) is 5.11 Å². The third kappa shape index (κ3) is 3.42. The fraction of sp³-hybridized carbons (Fsp3) is 0.923. The maximum atomic E-state index is 11.0. The molecule has 98 valence electrons. The maximum absolute atomic E-state index is 11.0. The molecule has 4 nitrogen and oxygen atoms in total. The molecule has 1 saturated carbocycles. The molecule has 0 amide bonds. The van der Waals surface area contributed by atoms with Gasteiger partial charge in [0, 0.05) is 38.8 Å². The van der Waals surface area contributed by atoms with Gasteiger partial charge in [-0.2, -0.15) is 0 Å². The Morgan fingerprint density at radius 3 is 2.29 bits per heavy atom. The molecule has 2 aliphatic rings. The monoisotopic (exact) mass is 240 g/mol. The van der Waals surface area contributed by atoms with Gasteiger partial charge in [0.2, 0.25) is 0 Å². The number of carboxylic acid groups (broad SMARTS) is 1. The zero-order valence-electron chi connectivity index (χ0n) is 10.9. The SMILES string of the molecule is CC(C(=O)O)C(C)N1CCN(CC2CC2)CC1. The summed E-state index contributed by atoms with van der Waals surface area (Å²) < 4.78 is 0. The first-order chi connectivity index (χ1) is 8.08. The lowest BCUT2D eigenvalue weighted by molar-refractivity contribution is -0.143. The number of carboxylic acids is 1. The van der Waals surface area contributed by atoms with Crippen LogP contribution < -0.4 is 0 Å². The van der Waals surface area contributed by atoms with E-state index in [0.29, 0.717) is 0 Å². The Morgan fingerprint density at radius 2 is 1.82 bits per heavy atom. The van der Waals surface area contributed by atoms with Crippen LogP contribution in [0.25, 0.3) is 0 Å². The van der Waals surface area contributed by atoms with E-state index in [0.717, 1.165) is 32.1 Å². The highest BCUT2D eigenvalue weighted by molar-refractivity contribution is 5.70. The van der Waals surface area contributed by atoms with E-state index in [1.807, 2.05) is 13.8 Å². The highest BCUT2D eigenvalue weighted by atomic mass is 16.4. The van der Waals surface area contributed by atoms with Crippen molar-refractivity contribution in [3.05, 3.63) is 0 Å². The predicted octanol–water partition coefficient (Wildman–Crippen LogP) is 1.12. The van der Waals surface area contributed by atoms with Crippen LogP contribution in [0.3, 0.4) is 0 Å². The lowest BCUT2D eigenvalue weighted by Crippen LogP contribution is -2.52. The molecular weight excluding hydrogens is 216 g/mol. The van der Waals surface area contributed by atoms with E-state index < -0.39 is 5.97 Å². The minimum atomic E-state index is -0.682. The van der Waals surface area contributed by atoms with E-state index in [1.165, 1.54) is 19.4 Å². The normalized spacial score (nSPS) is 26.7. The quantitative estimate of drug-likeness (QED) is 0.782. The summed E-state index contributed by atoms with van der Waals surface area (Å²) in [6, 6.07) is 0.149. The van der Waals surface area contributed by atoms with Gasteiger partial charge in [-0.1, -0.05) is 6.92 Å². The van der Waals surface area contributed by atoms with Gasteiger partial charge in [-0.25, -0.2) is 0 Å². The molecule has 17 heavy (non-hydrogen) atoms. The van der Waals surface area contributed by atoms with Crippen LogP contribution in [0.5, 0.6) is 0 Å². The van der Waals surface area contributed by atoms with Gasteiger partial charge < -0.3 is 10.0 Å². The fourth-order valence-corrected chi connectivity index (χ4v) is 2.54. The summed E-state index contributed by atoms with van der Waals surface area (Å²) in [6.45, 7) is 9.35. The van der Waals surface area contributed by atoms with Gasteiger partial charge in [0.1, 0.15) is 0 Å². The molecule has 2 unspecified atom stereocenters. The molecule has 2 fully saturated rings. The van der Waals surface area contributed by atoms with Crippen LogP contribution in [-0.2, 0) is 4.79 Å². The standard InChI is InChI=1S/C13H24N2O2/c1-10(13(16)17)11(2)15-7-5-14(6-8-15)9-12-3-4-12/h10-12H,3-9H2,1-2H3,(H,16,17). The minimum Gasteiger partial charge on any atom is -0.481 e. The zero-order valence-corrected chi connectivity index (χ0v) is 10.9. The van der Waals surface area contributed by atoms with Crippen molar-refractivity contribution in [2.75, 3.05) is 32.7 Å². The van der Waals surface area contributed by atoms with Crippen molar-refractivity contribution in [2.45, 2.75) is 32.7 Å². The summed E-state index contributed by atoms with van der Waals surface area (Å²) >= 11 is 0. The van der Waals surface area contributed by atoms with Gasteiger partial charge in [-0.05, 0) is 25.7 Å². The molecule has 0 bridgehead atoms. The van der Waals surface area contributed by atoms with Crippen LogP contribution in [-0.4, -0.2) is 59.6 Å². The lowest BCUT2D eigenvalue weighted by Gasteiger charge is -2.39. The first kappa shape index (κ1) is 12.8. The van der Waals surface area contributed by atoms with Crippen molar-refractivity contribution in [1.29, 1.82) is 0 Å². The molecule has 0 radical (unpaired) electrons. The molecule has 2 rings (SSSR count). The van der Waals surface area contributed by atoms with Gasteiger partial charge in [0.05, 0.1) is 5.92 Å². The number of hydrogen-bond acceptors (Lipinski definition) is 3. The molecule has 0 aromatic carbocycles. The van der Waals surface area contributed by atoms with Crippen LogP contribution in [0.4, 0.5) is 0 Å². The number of nitrogens with zero attached hydrogens (tertiary/aromatic N) is 2. The molecular formula is C13H24N2O2. The minimum absolute atomic E-state index is 0.149. The highest BCUT2D eigenvalue weighted by Crippen LogP contribution is 2.30. The average molecular weight is 240 g/mol. The molecule has 1 aliphatic carbocycles. The molecule has 1 N–H and O–H groups in total. The van der Waals surface area contributed by atoms with Crippen molar-refractivity contribution in [1.82, 2.24) is 9.80 Å². The first-order valence-corrected chi connectivity index (χ1v) is 6.77. The Kier molecular flexibility index (Phi) is 4.05. The van der Waals surface area contributed by atoms with E-state index in [1.54, 1.807) is 0 Å². The van der Waals surface area contributed by atoms with Crippen LogP contribution >= 0.6 is 0 Å². The summed E-state index contributed by atoms with van der Waals surface area (Å²) in [5.74, 6) is -0.000177. The third-order valence-corrected chi connectivity index (χ3v) is 4.31. The lowest BCUT2D eigenvalue weighted by atomic mass is 10.0. The second kappa shape index (κ2) is 5.36. The molecule has 0 aromatic heterocycles. The van der Waals surface area contributed by atoms with Gasteiger partial charge in [-0.15, -0.1) is 0 Å². The van der Waals surface area contributed by atoms with Crippen molar-refractivity contribution < 1.29 is 9.90 Å². The Balaban J connectivity index is 1.75. The van der Waals surface area contributed by atoms with Crippen LogP contribution in [0.2, 0.25) is 0 Å². The second-order valence-electron chi connectivity index (χ2n) is 5.65. The van der Waals surface area contributed by atoms with Crippen molar-refractivity contribution in [3.8, 4) is 0 Å². The summed E-state index contributed by atoms with van der Waals surface area (Å²) in [7, 11) is 0. The Bertz CT molecular complexity index is 271. The first-order valence-electron chi connectivity index (χ1n) is 6.77. The van der Waals surface area contributed by atoms with E-state index in [9.17, 15) is 4.79 Å². The topological polar surface area (TPSA) is 43.8 Å². The van der Waals surface area contributed by atoms with Crippen LogP contribution in [0.15, 0.2) is 0 Å². The van der Waals surface area contributed by atoms with Crippen LogP contribution in [0, 0.1) is 11.8 Å². The molecule has 1 heterocycles. The van der Waals surface area contributed by atoms with E-state index >= 15 is 0 Å². The largest absolute Gasteiger partial charge is 0.481 e. The Hall–Kier alpha value is -0.610. The molecule has 4 heteroatoms.